The highest BCUT2D eigenvalue weighted by atomic mass is 16.2. The fourth-order valence-corrected chi connectivity index (χ4v) is 3.63. The number of likely N-dealkylation sites (tertiary alicyclic amines) is 2. The lowest BCUT2D eigenvalue weighted by molar-refractivity contribution is -0.131. The van der Waals surface area contributed by atoms with Crippen molar-refractivity contribution >= 4 is 11.9 Å². The molecule has 8 nitrogen and oxygen atoms in total. The van der Waals surface area contributed by atoms with Gasteiger partial charge in [0.25, 0.3) is 0 Å². The predicted molar refractivity (Wildman–Crippen MR) is 92.7 cm³/mol. The van der Waals surface area contributed by atoms with E-state index in [9.17, 15) is 9.59 Å². The van der Waals surface area contributed by atoms with E-state index >= 15 is 0 Å². The molecule has 8 heteroatoms. The lowest BCUT2D eigenvalue weighted by Gasteiger charge is -2.33. The molecule has 2 aliphatic heterocycles. The Morgan fingerprint density at radius 1 is 1.32 bits per heavy atom. The van der Waals surface area contributed by atoms with Gasteiger partial charge in [0.1, 0.15) is 12.7 Å². The molecule has 138 valence electrons. The Morgan fingerprint density at radius 2 is 2.04 bits per heavy atom. The molecular formula is C17H28N6O2. The highest BCUT2D eigenvalue weighted by Crippen LogP contribution is 2.23. The summed E-state index contributed by atoms with van der Waals surface area (Å²) >= 11 is 0. The van der Waals surface area contributed by atoms with Crippen molar-refractivity contribution in [3.63, 3.8) is 0 Å². The highest BCUT2D eigenvalue weighted by molar-refractivity contribution is 5.82. The molecule has 0 aliphatic carbocycles. The number of rotatable bonds is 3. The molecule has 3 rings (SSSR count). The van der Waals surface area contributed by atoms with Crippen LogP contribution in [0.2, 0.25) is 0 Å². The molecule has 2 fully saturated rings. The van der Waals surface area contributed by atoms with Crippen molar-refractivity contribution in [2.24, 2.45) is 5.92 Å². The van der Waals surface area contributed by atoms with Crippen LogP contribution in [0.15, 0.2) is 12.7 Å². The minimum absolute atomic E-state index is 0.0484. The second kappa shape index (κ2) is 7.01. The van der Waals surface area contributed by atoms with Crippen molar-refractivity contribution < 1.29 is 9.59 Å². The number of carbonyl (C=O) groups excluding carboxylic acids is 2. The van der Waals surface area contributed by atoms with E-state index in [4.69, 9.17) is 0 Å². The van der Waals surface area contributed by atoms with Crippen LogP contribution in [-0.4, -0.2) is 67.7 Å². The molecule has 0 aromatic carbocycles. The second-order valence-corrected chi connectivity index (χ2v) is 8.07. The number of carbonyl (C=O) groups is 2. The van der Waals surface area contributed by atoms with Crippen LogP contribution >= 0.6 is 0 Å². The number of amides is 3. The number of nitrogens with zero attached hydrogens (tertiary/aromatic N) is 5. The van der Waals surface area contributed by atoms with Crippen LogP contribution in [0.1, 0.15) is 40.0 Å². The largest absolute Gasteiger partial charge is 0.336 e. The minimum Gasteiger partial charge on any atom is -0.336 e. The van der Waals surface area contributed by atoms with Crippen molar-refractivity contribution in [1.82, 2.24) is 29.9 Å². The zero-order valence-corrected chi connectivity index (χ0v) is 15.3. The maximum Gasteiger partial charge on any atom is 0.317 e. The number of hydrogen-bond acceptors (Lipinski definition) is 4. The van der Waals surface area contributed by atoms with E-state index in [0.717, 1.165) is 32.5 Å². The van der Waals surface area contributed by atoms with Gasteiger partial charge in [0, 0.05) is 38.1 Å². The topological polar surface area (TPSA) is 83.4 Å². The molecule has 2 saturated heterocycles. The van der Waals surface area contributed by atoms with Gasteiger partial charge < -0.3 is 15.1 Å². The standard InChI is InChI=1S/C17H28N6O2/c1-17(2,3)23-10-14(8-15(23)24)20-16(25)21-6-4-13(5-7-21)9-22-12-18-11-19-22/h11-14H,4-10H2,1-3H3,(H,20,25)/t14-/m0/s1. The Labute approximate surface area is 148 Å². The Hall–Kier alpha value is -2.12. The van der Waals surface area contributed by atoms with Gasteiger partial charge in [-0.3, -0.25) is 9.48 Å². The van der Waals surface area contributed by atoms with Gasteiger partial charge in [0.05, 0.1) is 6.04 Å². The maximum atomic E-state index is 12.5. The maximum absolute atomic E-state index is 12.5. The summed E-state index contributed by atoms with van der Waals surface area (Å²) in [6.07, 6.45) is 5.60. The van der Waals surface area contributed by atoms with E-state index in [-0.39, 0.29) is 23.5 Å². The lowest BCUT2D eigenvalue weighted by atomic mass is 9.97. The molecule has 0 unspecified atom stereocenters. The Bertz CT molecular complexity index is 601. The van der Waals surface area contributed by atoms with Crippen molar-refractivity contribution in [2.45, 2.75) is 58.2 Å². The number of aromatic nitrogens is 3. The summed E-state index contributed by atoms with van der Waals surface area (Å²) in [7, 11) is 0. The Morgan fingerprint density at radius 3 is 2.60 bits per heavy atom. The number of urea groups is 1. The van der Waals surface area contributed by atoms with Gasteiger partial charge in [0.15, 0.2) is 0 Å². The summed E-state index contributed by atoms with van der Waals surface area (Å²) in [4.78, 5) is 32.3. The van der Waals surface area contributed by atoms with Crippen LogP contribution in [0.5, 0.6) is 0 Å². The predicted octanol–water partition coefficient (Wildman–Crippen LogP) is 1.10. The molecule has 1 aromatic heterocycles. The normalized spacial score (nSPS) is 22.5. The summed E-state index contributed by atoms with van der Waals surface area (Å²) in [5, 5.41) is 7.18. The van der Waals surface area contributed by atoms with Crippen molar-refractivity contribution in [3.05, 3.63) is 12.7 Å². The van der Waals surface area contributed by atoms with Crippen molar-refractivity contribution in [1.29, 1.82) is 0 Å². The van der Waals surface area contributed by atoms with E-state index in [1.807, 2.05) is 35.3 Å². The van der Waals surface area contributed by atoms with Crippen LogP contribution in [0.4, 0.5) is 4.79 Å². The first-order valence-corrected chi connectivity index (χ1v) is 9.01. The summed E-state index contributed by atoms with van der Waals surface area (Å²) < 4.78 is 1.85. The van der Waals surface area contributed by atoms with Gasteiger partial charge >= 0.3 is 6.03 Å². The zero-order valence-electron chi connectivity index (χ0n) is 15.3. The van der Waals surface area contributed by atoms with Crippen LogP contribution in [-0.2, 0) is 11.3 Å². The van der Waals surface area contributed by atoms with E-state index < -0.39 is 0 Å². The van der Waals surface area contributed by atoms with Gasteiger partial charge in [0.2, 0.25) is 5.91 Å². The van der Waals surface area contributed by atoms with Gasteiger partial charge in [-0.1, -0.05) is 0 Å². The van der Waals surface area contributed by atoms with Crippen LogP contribution in [0, 0.1) is 5.92 Å². The number of piperidine rings is 1. The van der Waals surface area contributed by atoms with Crippen molar-refractivity contribution in [2.75, 3.05) is 19.6 Å². The molecule has 25 heavy (non-hydrogen) atoms. The second-order valence-electron chi connectivity index (χ2n) is 8.07. The lowest BCUT2D eigenvalue weighted by Crippen LogP contribution is -2.49. The van der Waals surface area contributed by atoms with Gasteiger partial charge in [-0.25, -0.2) is 9.78 Å². The minimum atomic E-state index is -0.198. The zero-order chi connectivity index (χ0) is 18.0. The van der Waals surface area contributed by atoms with Crippen LogP contribution in [0.25, 0.3) is 0 Å². The molecule has 0 radical (unpaired) electrons. The quantitative estimate of drug-likeness (QED) is 0.887. The van der Waals surface area contributed by atoms with Gasteiger partial charge in [-0.15, -0.1) is 0 Å². The molecule has 3 amide bonds. The summed E-state index contributed by atoms with van der Waals surface area (Å²) in [5.41, 5.74) is -0.198. The highest BCUT2D eigenvalue weighted by Gasteiger charge is 2.37. The average Bonchev–Trinajstić information content (AvgIpc) is 3.17. The smallest absolute Gasteiger partial charge is 0.317 e. The van der Waals surface area contributed by atoms with Crippen molar-refractivity contribution in [3.8, 4) is 0 Å². The molecule has 0 bridgehead atoms. The fourth-order valence-electron chi connectivity index (χ4n) is 3.63. The molecule has 1 N–H and O–H groups in total. The SMILES string of the molecule is CC(C)(C)N1C[C@@H](NC(=O)N2CCC(Cn3cncn3)CC2)CC1=O. The monoisotopic (exact) mass is 348 g/mol. The molecule has 2 aliphatic rings. The first kappa shape index (κ1) is 17.7. The molecule has 3 heterocycles. The first-order chi connectivity index (χ1) is 11.8. The Kier molecular flexibility index (Phi) is 4.96. The first-order valence-electron chi connectivity index (χ1n) is 9.01. The third kappa shape index (κ3) is 4.29. The summed E-state index contributed by atoms with van der Waals surface area (Å²) in [5.74, 6) is 0.638. The molecule has 0 spiro atoms. The molecule has 0 saturated carbocycles. The van der Waals surface area contributed by atoms with Crippen LogP contribution < -0.4 is 5.32 Å². The number of nitrogens with one attached hydrogen (secondary N) is 1. The van der Waals surface area contributed by atoms with E-state index in [2.05, 4.69) is 15.4 Å². The molecular weight excluding hydrogens is 320 g/mol. The van der Waals surface area contributed by atoms with Gasteiger partial charge in [-0.05, 0) is 39.5 Å². The van der Waals surface area contributed by atoms with E-state index in [0.29, 0.717) is 18.9 Å². The molecule has 1 atom stereocenters. The van der Waals surface area contributed by atoms with Gasteiger partial charge in [-0.2, -0.15) is 5.10 Å². The average molecular weight is 348 g/mol. The summed E-state index contributed by atoms with van der Waals surface area (Å²) in [6, 6.07) is -0.139. The molecule has 1 aromatic rings. The third-order valence-electron chi connectivity index (χ3n) is 5.08. The summed E-state index contributed by atoms with van der Waals surface area (Å²) in [6.45, 7) is 9.01. The van der Waals surface area contributed by atoms with E-state index in [1.165, 1.54) is 0 Å². The Balaban J connectivity index is 1.45. The fraction of sp³-hybridized carbons (Fsp3) is 0.765. The third-order valence-corrected chi connectivity index (χ3v) is 5.08. The van der Waals surface area contributed by atoms with Crippen LogP contribution in [0.3, 0.4) is 0 Å². The number of hydrogen-bond donors (Lipinski definition) is 1. The van der Waals surface area contributed by atoms with E-state index in [1.54, 1.807) is 12.7 Å².